The maximum atomic E-state index is 13.3. The summed E-state index contributed by atoms with van der Waals surface area (Å²) in [6.45, 7) is 6.20. The van der Waals surface area contributed by atoms with Crippen molar-refractivity contribution >= 4 is 34.9 Å². The molecule has 1 aromatic heterocycles. The van der Waals surface area contributed by atoms with Gasteiger partial charge in [-0.1, -0.05) is 47.0 Å². The molecule has 0 aliphatic carbocycles. The lowest BCUT2D eigenvalue weighted by Crippen LogP contribution is -2.50. The van der Waals surface area contributed by atoms with Crippen LogP contribution in [0.2, 0.25) is 10.0 Å². The summed E-state index contributed by atoms with van der Waals surface area (Å²) in [4.78, 5) is 16.4. The van der Waals surface area contributed by atoms with E-state index in [-0.39, 0.29) is 28.3 Å². The number of benzene rings is 2. The number of carbonyl (C=O) groups excluding carboxylic acids is 1. The van der Waals surface area contributed by atoms with E-state index in [0.717, 1.165) is 34.8 Å². The topological polar surface area (TPSA) is 58.6 Å². The van der Waals surface area contributed by atoms with Gasteiger partial charge in [0.05, 0.1) is 15.7 Å². The first-order valence-electron chi connectivity index (χ1n) is 10.5. The van der Waals surface area contributed by atoms with Gasteiger partial charge in [-0.3, -0.25) is 4.79 Å². The van der Waals surface area contributed by atoms with E-state index < -0.39 is 5.82 Å². The van der Waals surface area contributed by atoms with E-state index >= 15 is 0 Å². The van der Waals surface area contributed by atoms with Gasteiger partial charge in [-0.2, -0.15) is 0 Å². The standard InChI is InChI=1S/C24H23Cl2FN4O2/c1-15-3-4-18(16(2)11-15)21-5-6-22(29-28-21)30-7-9-31(10-8-30)23(32)14-33-24-19(25)12-17(27)13-20(24)26/h3-6,11-13H,7-10,14H2,1-2H3. The second-order valence-electron chi connectivity index (χ2n) is 7.95. The molecular weight excluding hydrogens is 466 g/mol. The number of aromatic nitrogens is 2. The van der Waals surface area contributed by atoms with E-state index in [4.69, 9.17) is 27.9 Å². The highest BCUT2D eigenvalue weighted by Gasteiger charge is 2.23. The molecule has 4 rings (SSSR count). The molecule has 33 heavy (non-hydrogen) atoms. The Morgan fingerprint density at radius 3 is 2.30 bits per heavy atom. The Labute approximate surface area is 201 Å². The zero-order chi connectivity index (χ0) is 23.5. The number of carbonyl (C=O) groups is 1. The van der Waals surface area contributed by atoms with Crippen molar-refractivity contribution in [3.63, 3.8) is 0 Å². The molecule has 0 atom stereocenters. The van der Waals surface area contributed by atoms with Gasteiger partial charge in [-0.05, 0) is 43.7 Å². The number of hydrogen-bond acceptors (Lipinski definition) is 5. The monoisotopic (exact) mass is 488 g/mol. The fourth-order valence-electron chi connectivity index (χ4n) is 3.82. The van der Waals surface area contributed by atoms with Gasteiger partial charge in [-0.15, -0.1) is 10.2 Å². The lowest BCUT2D eigenvalue weighted by Gasteiger charge is -2.35. The number of hydrogen-bond donors (Lipinski definition) is 0. The zero-order valence-electron chi connectivity index (χ0n) is 18.3. The van der Waals surface area contributed by atoms with E-state index in [1.807, 2.05) is 12.1 Å². The molecule has 1 aliphatic heterocycles. The number of nitrogens with zero attached hydrogens (tertiary/aromatic N) is 4. The van der Waals surface area contributed by atoms with Crippen LogP contribution in [0.15, 0.2) is 42.5 Å². The van der Waals surface area contributed by atoms with Crippen molar-refractivity contribution in [1.29, 1.82) is 0 Å². The largest absolute Gasteiger partial charge is 0.481 e. The van der Waals surface area contributed by atoms with Crippen LogP contribution in [0.5, 0.6) is 5.75 Å². The van der Waals surface area contributed by atoms with Crippen molar-refractivity contribution < 1.29 is 13.9 Å². The zero-order valence-corrected chi connectivity index (χ0v) is 19.8. The average Bonchev–Trinajstić information content (AvgIpc) is 2.78. The molecule has 2 heterocycles. The van der Waals surface area contributed by atoms with Crippen molar-refractivity contribution in [2.24, 2.45) is 0 Å². The van der Waals surface area contributed by atoms with E-state index in [9.17, 15) is 9.18 Å². The normalized spacial score (nSPS) is 13.8. The van der Waals surface area contributed by atoms with Crippen LogP contribution in [-0.2, 0) is 4.79 Å². The van der Waals surface area contributed by atoms with Gasteiger partial charge in [0.1, 0.15) is 5.82 Å². The highest BCUT2D eigenvalue weighted by molar-refractivity contribution is 6.37. The predicted molar refractivity (Wildman–Crippen MR) is 128 cm³/mol. The van der Waals surface area contributed by atoms with Crippen LogP contribution in [0.4, 0.5) is 10.2 Å². The number of anilines is 1. The maximum Gasteiger partial charge on any atom is 0.260 e. The Hall–Kier alpha value is -2.90. The molecule has 0 radical (unpaired) electrons. The summed E-state index contributed by atoms with van der Waals surface area (Å²) in [5.74, 6) is 0.120. The van der Waals surface area contributed by atoms with Gasteiger partial charge in [0.25, 0.3) is 5.91 Å². The molecule has 1 amide bonds. The first-order valence-corrected chi connectivity index (χ1v) is 11.3. The van der Waals surface area contributed by atoms with Crippen LogP contribution in [-0.4, -0.2) is 53.8 Å². The molecule has 0 spiro atoms. The summed E-state index contributed by atoms with van der Waals surface area (Å²) in [6, 6.07) is 12.4. The van der Waals surface area contributed by atoms with Crippen molar-refractivity contribution in [2.75, 3.05) is 37.7 Å². The number of aryl methyl sites for hydroxylation is 2. The molecule has 1 aliphatic rings. The molecule has 1 fully saturated rings. The highest BCUT2D eigenvalue weighted by Crippen LogP contribution is 2.33. The lowest BCUT2D eigenvalue weighted by molar-refractivity contribution is -0.133. The van der Waals surface area contributed by atoms with Crippen LogP contribution in [0.3, 0.4) is 0 Å². The lowest BCUT2D eigenvalue weighted by atomic mass is 10.0. The van der Waals surface area contributed by atoms with Gasteiger partial charge in [0, 0.05) is 31.7 Å². The molecule has 172 valence electrons. The first kappa shape index (κ1) is 23.3. The van der Waals surface area contributed by atoms with Crippen LogP contribution in [0.1, 0.15) is 11.1 Å². The Balaban J connectivity index is 1.32. The second kappa shape index (κ2) is 9.93. The molecule has 0 bridgehead atoms. The van der Waals surface area contributed by atoms with E-state index in [0.29, 0.717) is 26.2 Å². The molecule has 9 heteroatoms. The molecule has 6 nitrogen and oxygen atoms in total. The molecular formula is C24H23Cl2FN4O2. The van der Waals surface area contributed by atoms with Crippen molar-refractivity contribution in [2.45, 2.75) is 13.8 Å². The highest BCUT2D eigenvalue weighted by atomic mass is 35.5. The van der Waals surface area contributed by atoms with Crippen molar-refractivity contribution in [1.82, 2.24) is 15.1 Å². The minimum absolute atomic E-state index is 0.0282. The van der Waals surface area contributed by atoms with Crippen molar-refractivity contribution in [3.8, 4) is 17.0 Å². The third kappa shape index (κ3) is 5.37. The van der Waals surface area contributed by atoms with E-state index in [1.165, 1.54) is 5.56 Å². The van der Waals surface area contributed by atoms with Crippen LogP contribution in [0, 0.1) is 19.7 Å². The van der Waals surface area contributed by atoms with Crippen LogP contribution in [0.25, 0.3) is 11.3 Å². The fourth-order valence-corrected chi connectivity index (χ4v) is 4.39. The van der Waals surface area contributed by atoms with Crippen LogP contribution < -0.4 is 9.64 Å². The molecule has 0 unspecified atom stereocenters. The van der Waals surface area contributed by atoms with E-state index in [1.54, 1.807) is 4.90 Å². The predicted octanol–water partition coefficient (Wildman–Crippen LogP) is 4.93. The minimum atomic E-state index is -0.565. The third-order valence-corrected chi connectivity index (χ3v) is 6.13. The first-order chi connectivity index (χ1) is 15.8. The number of amides is 1. The Kier molecular flexibility index (Phi) is 7.00. The quantitative estimate of drug-likeness (QED) is 0.509. The Morgan fingerprint density at radius 1 is 1.00 bits per heavy atom. The molecule has 0 N–H and O–H groups in total. The van der Waals surface area contributed by atoms with Gasteiger partial charge < -0.3 is 14.5 Å². The summed E-state index contributed by atoms with van der Waals surface area (Å²) >= 11 is 11.9. The Morgan fingerprint density at radius 2 is 1.70 bits per heavy atom. The van der Waals surface area contributed by atoms with Gasteiger partial charge in [0.15, 0.2) is 18.2 Å². The summed E-state index contributed by atoms with van der Waals surface area (Å²) in [5.41, 5.74) is 4.27. The summed E-state index contributed by atoms with van der Waals surface area (Å²) in [6.07, 6.45) is 0. The van der Waals surface area contributed by atoms with Crippen LogP contribution >= 0.6 is 23.2 Å². The number of rotatable bonds is 5. The number of piperazine rings is 1. The van der Waals surface area contributed by atoms with Gasteiger partial charge in [-0.25, -0.2) is 4.39 Å². The minimum Gasteiger partial charge on any atom is -0.481 e. The second-order valence-corrected chi connectivity index (χ2v) is 8.76. The van der Waals surface area contributed by atoms with Gasteiger partial charge >= 0.3 is 0 Å². The number of ether oxygens (including phenoxy) is 1. The van der Waals surface area contributed by atoms with Gasteiger partial charge in [0.2, 0.25) is 0 Å². The third-order valence-electron chi connectivity index (χ3n) is 5.57. The summed E-state index contributed by atoms with van der Waals surface area (Å²) in [5, 5.41) is 8.87. The Bertz CT molecular complexity index is 1140. The maximum absolute atomic E-state index is 13.3. The molecule has 1 saturated heterocycles. The summed E-state index contributed by atoms with van der Waals surface area (Å²) in [7, 11) is 0. The van der Waals surface area contributed by atoms with Crippen molar-refractivity contribution in [3.05, 3.63) is 69.5 Å². The number of halogens is 3. The molecule has 3 aromatic rings. The molecule has 2 aromatic carbocycles. The SMILES string of the molecule is Cc1ccc(-c2ccc(N3CCN(C(=O)COc4c(Cl)cc(F)cc4Cl)CC3)nn2)c(C)c1. The molecule has 0 saturated carbocycles. The average molecular weight is 489 g/mol. The van der Waals surface area contributed by atoms with E-state index in [2.05, 4.69) is 47.1 Å². The summed E-state index contributed by atoms with van der Waals surface area (Å²) < 4.78 is 18.8. The smallest absolute Gasteiger partial charge is 0.260 e. The fraction of sp³-hybridized carbons (Fsp3) is 0.292.